The highest BCUT2D eigenvalue weighted by atomic mass is 32.2. The summed E-state index contributed by atoms with van der Waals surface area (Å²) in [6, 6.07) is 0.347. The molecule has 2 N–H and O–H groups in total. The van der Waals surface area contributed by atoms with Gasteiger partial charge in [-0.15, -0.1) is 0 Å². The second kappa shape index (κ2) is 9.22. The number of ether oxygens (including phenoxy) is 1. The summed E-state index contributed by atoms with van der Waals surface area (Å²) in [5.74, 6) is 0.775. The maximum Gasteiger partial charge on any atom is 0.191 e. The number of aliphatic imine (C=N–C) groups is 1. The van der Waals surface area contributed by atoms with Gasteiger partial charge in [-0.2, -0.15) is 0 Å². The first-order chi connectivity index (χ1) is 9.92. The molecule has 7 nitrogen and oxygen atoms in total. The summed E-state index contributed by atoms with van der Waals surface area (Å²) in [4.78, 5) is 6.88. The standard InChI is InChI=1S/C13H28N4O3S/c1-4-14-13(15-5-10-21(3,18)19)16-11-12(2)17-6-8-20-9-7-17/h12H,4-11H2,1-3H3,(H2,14,15,16). The molecule has 0 aromatic rings. The molecule has 0 amide bonds. The van der Waals surface area contributed by atoms with Gasteiger partial charge in [-0.1, -0.05) is 0 Å². The number of hydrogen-bond acceptors (Lipinski definition) is 5. The lowest BCUT2D eigenvalue weighted by atomic mass is 10.2. The zero-order valence-electron chi connectivity index (χ0n) is 13.3. The first-order valence-electron chi connectivity index (χ1n) is 7.44. The number of guanidine groups is 1. The normalized spacial score (nSPS) is 19.3. The average molecular weight is 320 g/mol. The Morgan fingerprint density at radius 1 is 1.33 bits per heavy atom. The van der Waals surface area contributed by atoms with Crippen molar-refractivity contribution in [1.82, 2.24) is 15.5 Å². The van der Waals surface area contributed by atoms with E-state index in [1.54, 1.807) is 0 Å². The molecule has 8 heteroatoms. The highest BCUT2D eigenvalue weighted by molar-refractivity contribution is 7.90. The van der Waals surface area contributed by atoms with E-state index < -0.39 is 9.84 Å². The van der Waals surface area contributed by atoms with Gasteiger partial charge in [0.25, 0.3) is 0 Å². The quantitative estimate of drug-likeness (QED) is 0.477. The van der Waals surface area contributed by atoms with Crippen LogP contribution in [-0.4, -0.2) is 83.3 Å². The third-order valence-electron chi connectivity index (χ3n) is 3.29. The van der Waals surface area contributed by atoms with Crippen LogP contribution in [-0.2, 0) is 14.6 Å². The van der Waals surface area contributed by atoms with Crippen molar-refractivity contribution in [1.29, 1.82) is 0 Å². The predicted molar refractivity (Wildman–Crippen MR) is 85.5 cm³/mol. The Morgan fingerprint density at radius 2 is 2.00 bits per heavy atom. The van der Waals surface area contributed by atoms with Gasteiger partial charge in [0.1, 0.15) is 9.84 Å². The largest absolute Gasteiger partial charge is 0.379 e. The average Bonchev–Trinajstić information content (AvgIpc) is 2.44. The molecule has 0 bridgehead atoms. The molecular formula is C13H28N4O3S. The van der Waals surface area contributed by atoms with E-state index in [1.807, 2.05) is 6.92 Å². The Balaban J connectivity index is 2.42. The third-order valence-corrected chi connectivity index (χ3v) is 4.24. The van der Waals surface area contributed by atoms with E-state index in [0.29, 0.717) is 25.1 Å². The molecule has 1 unspecified atom stereocenters. The predicted octanol–water partition coefficient (Wildman–Crippen LogP) is -0.693. The Kier molecular flexibility index (Phi) is 7.98. The molecule has 0 radical (unpaired) electrons. The molecule has 0 aromatic heterocycles. The van der Waals surface area contributed by atoms with Crippen molar-refractivity contribution in [3.05, 3.63) is 0 Å². The fourth-order valence-corrected chi connectivity index (χ4v) is 2.53. The van der Waals surface area contributed by atoms with E-state index in [4.69, 9.17) is 4.74 Å². The van der Waals surface area contributed by atoms with Crippen LogP contribution in [0.2, 0.25) is 0 Å². The highest BCUT2D eigenvalue weighted by Gasteiger charge is 2.16. The Labute approximate surface area is 128 Å². The summed E-state index contributed by atoms with van der Waals surface area (Å²) in [5.41, 5.74) is 0. The Bertz CT molecular complexity index is 419. The van der Waals surface area contributed by atoms with Crippen LogP contribution in [0.5, 0.6) is 0 Å². The molecule has 1 aliphatic rings. The van der Waals surface area contributed by atoms with Crippen molar-refractivity contribution in [3.8, 4) is 0 Å². The SMILES string of the molecule is CCNC(=NCC(C)N1CCOCC1)NCCS(C)(=O)=O. The minimum Gasteiger partial charge on any atom is -0.379 e. The van der Waals surface area contributed by atoms with Crippen LogP contribution in [0, 0.1) is 0 Å². The maximum absolute atomic E-state index is 11.1. The summed E-state index contributed by atoms with van der Waals surface area (Å²) in [6.07, 6.45) is 1.24. The van der Waals surface area contributed by atoms with E-state index in [1.165, 1.54) is 6.26 Å². The van der Waals surface area contributed by atoms with E-state index in [2.05, 4.69) is 27.4 Å². The summed E-state index contributed by atoms with van der Waals surface area (Å²) in [7, 11) is -2.95. The lowest BCUT2D eigenvalue weighted by Crippen LogP contribution is -2.45. The molecule has 21 heavy (non-hydrogen) atoms. The Morgan fingerprint density at radius 3 is 2.57 bits per heavy atom. The van der Waals surface area contributed by atoms with Gasteiger partial charge in [-0.3, -0.25) is 9.89 Å². The molecule has 1 atom stereocenters. The molecule has 1 heterocycles. The zero-order valence-corrected chi connectivity index (χ0v) is 14.1. The number of morpholine rings is 1. The molecule has 1 fully saturated rings. The van der Waals surface area contributed by atoms with Gasteiger partial charge < -0.3 is 15.4 Å². The van der Waals surface area contributed by atoms with Crippen molar-refractivity contribution in [2.75, 3.05) is 57.9 Å². The van der Waals surface area contributed by atoms with Crippen molar-refractivity contribution in [3.63, 3.8) is 0 Å². The number of hydrogen-bond donors (Lipinski definition) is 2. The number of nitrogens with zero attached hydrogens (tertiary/aromatic N) is 2. The van der Waals surface area contributed by atoms with Crippen LogP contribution in [0.4, 0.5) is 0 Å². The lowest BCUT2D eigenvalue weighted by Gasteiger charge is -2.31. The van der Waals surface area contributed by atoms with Crippen LogP contribution < -0.4 is 10.6 Å². The molecular weight excluding hydrogens is 292 g/mol. The molecule has 0 saturated carbocycles. The van der Waals surface area contributed by atoms with Gasteiger partial charge in [0.2, 0.25) is 0 Å². The summed E-state index contributed by atoms with van der Waals surface area (Å²) in [5, 5.41) is 6.18. The highest BCUT2D eigenvalue weighted by Crippen LogP contribution is 2.03. The maximum atomic E-state index is 11.1. The van der Waals surface area contributed by atoms with Crippen molar-refractivity contribution >= 4 is 15.8 Å². The van der Waals surface area contributed by atoms with E-state index >= 15 is 0 Å². The van der Waals surface area contributed by atoms with E-state index in [0.717, 1.165) is 32.8 Å². The molecule has 1 rings (SSSR count). The summed E-state index contributed by atoms with van der Waals surface area (Å²) < 4.78 is 27.6. The monoisotopic (exact) mass is 320 g/mol. The molecule has 0 aromatic carbocycles. The van der Waals surface area contributed by atoms with Crippen LogP contribution in [0.1, 0.15) is 13.8 Å². The summed E-state index contributed by atoms with van der Waals surface area (Å²) in [6.45, 7) is 9.36. The summed E-state index contributed by atoms with van der Waals surface area (Å²) >= 11 is 0. The van der Waals surface area contributed by atoms with Crippen molar-refractivity contribution in [2.24, 2.45) is 4.99 Å². The zero-order chi connectivity index (χ0) is 15.7. The van der Waals surface area contributed by atoms with E-state index in [9.17, 15) is 8.42 Å². The topological polar surface area (TPSA) is 83.0 Å². The van der Waals surface area contributed by atoms with Crippen LogP contribution in [0.25, 0.3) is 0 Å². The van der Waals surface area contributed by atoms with Gasteiger partial charge >= 0.3 is 0 Å². The lowest BCUT2D eigenvalue weighted by molar-refractivity contribution is 0.0220. The number of rotatable bonds is 7. The molecule has 0 spiro atoms. The van der Waals surface area contributed by atoms with Gasteiger partial charge in [0.05, 0.1) is 25.5 Å². The fourth-order valence-electron chi connectivity index (χ4n) is 2.05. The smallest absolute Gasteiger partial charge is 0.191 e. The van der Waals surface area contributed by atoms with Gasteiger partial charge in [-0.25, -0.2) is 8.42 Å². The molecule has 124 valence electrons. The molecule has 1 aliphatic heterocycles. The number of sulfone groups is 1. The van der Waals surface area contributed by atoms with E-state index in [-0.39, 0.29) is 5.75 Å². The minimum atomic E-state index is -2.95. The van der Waals surface area contributed by atoms with Crippen molar-refractivity contribution < 1.29 is 13.2 Å². The first-order valence-corrected chi connectivity index (χ1v) is 9.50. The van der Waals surface area contributed by atoms with Crippen LogP contribution >= 0.6 is 0 Å². The number of nitrogens with one attached hydrogen (secondary N) is 2. The molecule has 0 aliphatic carbocycles. The van der Waals surface area contributed by atoms with Crippen molar-refractivity contribution in [2.45, 2.75) is 19.9 Å². The Hall–Kier alpha value is -0.860. The van der Waals surface area contributed by atoms with Gasteiger partial charge in [0, 0.05) is 38.5 Å². The second-order valence-corrected chi connectivity index (χ2v) is 7.53. The van der Waals surface area contributed by atoms with Crippen LogP contribution in [0.3, 0.4) is 0 Å². The molecule has 1 saturated heterocycles. The minimum absolute atomic E-state index is 0.108. The fraction of sp³-hybridized carbons (Fsp3) is 0.923. The first kappa shape index (κ1) is 18.2. The van der Waals surface area contributed by atoms with Gasteiger partial charge in [0.15, 0.2) is 5.96 Å². The van der Waals surface area contributed by atoms with Gasteiger partial charge in [-0.05, 0) is 13.8 Å². The van der Waals surface area contributed by atoms with Crippen LogP contribution in [0.15, 0.2) is 4.99 Å². The third kappa shape index (κ3) is 8.23. The second-order valence-electron chi connectivity index (χ2n) is 5.27.